The second-order valence-electron chi connectivity index (χ2n) is 8.80. The van der Waals surface area contributed by atoms with Crippen molar-refractivity contribution in [3.63, 3.8) is 0 Å². The van der Waals surface area contributed by atoms with Crippen LogP contribution in [0.4, 0.5) is 5.69 Å². The van der Waals surface area contributed by atoms with Crippen molar-refractivity contribution in [1.29, 1.82) is 0 Å². The standard InChI is InChI=1S/C27H25NO4/c29-23(28-22-12-6-10-17-7-4-5-11-21(17)22)16-32-27(31)25-20-14-13-19(15-20)24(25)26(30)18-8-2-1-3-9-18/h1-12,19-20,24-25H,13-16H2,(H,28,29)/t19-,20-,24+,25+/m0/s1. The highest BCUT2D eigenvalue weighted by Crippen LogP contribution is 2.53. The van der Waals surface area contributed by atoms with Gasteiger partial charge in [0.05, 0.1) is 5.92 Å². The molecule has 5 heteroatoms. The van der Waals surface area contributed by atoms with Crippen LogP contribution in [0.5, 0.6) is 0 Å². The quantitative estimate of drug-likeness (QED) is 0.450. The summed E-state index contributed by atoms with van der Waals surface area (Å²) in [6, 6.07) is 22.6. The van der Waals surface area contributed by atoms with E-state index in [1.165, 1.54) is 0 Å². The molecule has 2 saturated carbocycles. The van der Waals surface area contributed by atoms with Gasteiger partial charge in [0.1, 0.15) is 0 Å². The molecular formula is C27H25NO4. The second-order valence-corrected chi connectivity index (χ2v) is 8.80. The highest BCUT2D eigenvalue weighted by Gasteiger charge is 2.54. The Morgan fingerprint density at radius 3 is 2.31 bits per heavy atom. The molecule has 0 saturated heterocycles. The third-order valence-electron chi connectivity index (χ3n) is 6.96. The maximum atomic E-state index is 13.2. The number of ketones is 1. The highest BCUT2D eigenvalue weighted by atomic mass is 16.5. The van der Waals surface area contributed by atoms with Gasteiger partial charge in [-0.3, -0.25) is 14.4 Å². The molecule has 4 atom stereocenters. The largest absolute Gasteiger partial charge is 0.455 e. The predicted octanol–water partition coefficient (Wildman–Crippen LogP) is 4.87. The van der Waals surface area contributed by atoms with E-state index < -0.39 is 11.9 Å². The molecule has 2 aliphatic rings. The van der Waals surface area contributed by atoms with Crippen LogP contribution < -0.4 is 5.32 Å². The lowest BCUT2D eigenvalue weighted by Crippen LogP contribution is -2.37. The molecule has 3 aromatic rings. The van der Waals surface area contributed by atoms with Gasteiger partial charge >= 0.3 is 5.97 Å². The molecule has 1 amide bonds. The van der Waals surface area contributed by atoms with Crippen molar-refractivity contribution in [3.05, 3.63) is 78.4 Å². The van der Waals surface area contributed by atoms with E-state index >= 15 is 0 Å². The minimum atomic E-state index is -0.466. The number of esters is 1. The summed E-state index contributed by atoms with van der Waals surface area (Å²) >= 11 is 0. The first-order valence-corrected chi connectivity index (χ1v) is 11.2. The summed E-state index contributed by atoms with van der Waals surface area (Å²) in [5.74, 6) is -1.25. The van der Waals surface area contributed by atoms with Gasteiger partial charge in [0.25, 0.3) is 5.91 Å². The molecule has 5 rings (SSSR count). The number of benzene rings is 3. The van der Waals surface area contributed by atoms with Crippen molar-refractivity contribution in [2.75, 3.05) is 11.9 Å². The maximum Gasteiger partial charge on any atom is 0.310 e. The highest BCUT2D eigenvalue weighted by molar-refractivity contribution is 6.03. The van der Waals surface area contributed by atoms with E-state index in [1.807, 2.05) is 60.7 Å². The number of fused-ring (bicyclic) bond motifs is 3. The number of hydrogen-bond acceptors (Lipinski definition) is 4. The van der Waals surface area contributed by atoms with Crippen LogP contribution in [0.15, 0.2) is 72.8 Å². The second kappa shape index (κ2) is 8.58. The summed E-state index contributed by atoms with van der Waals surface area (Å²) in [6.45, 7) is -0.359. The summed E-state index contributed by atoms with van der Waals surface area (Å²) in [7, 11) is 0. The lowest BCUT2D eigenvalue weighted by atomic mass is 9.75. The van der Waals surface area contributed by atoms with E-state index in [4.69, 9.17) is 4.74 Å². The zero-order valence-electron chi connectivity index (χ0n) is 17.7. The summed E-state index contributed by atoms with van der Waals surface area (Å²) in [6.07, 6.45) is 2.79. The average Bonchev–Trinajstić information content (AvgIpc) is 3.45. The van der Waals surface area contributed by atoms with Crippen molar-refractivity contribution in [1.82, 2.24) is 0 Å². The van der Waals surface area contributed by atoms with E-state index in [2.05, 4.69) is 5.32 Å². The van der Waals surface area contributed by atoms with Crippen LogP contribution in [0.25, 0.3) is 10.8 Å². The number of anilines is 1. The molecule has 2 aliphatic carbocycles. The SMILES string of the molecule is O=C(COC(=O)[C@@H]1[C@H]2CC[C@@H](C2)[C@H]1C(=O)c1ccccc1)Nc1cccc2ccccc12. The van der Waals surface area contributed by atoms with E-state index in [-0.39, 0.29) is 36.1 Å². The number of rotatable bonds is 6. The molecule has 2 bridgehead atoms. The van der Waals surface area contributed by atoms with Gasteiger partial charge in [0.15, 0.2) is 12.4 Å². The third-order valence-corrected chi connectivity index (χ3v) is 6.96. The van der Waals surface area contributed by atoms with Crippen LogP contribution in [0.2, 0.25) is 0 Å². The normalized spacial score (nSPS) is 23.8. The minimum absolute atomic E-state index is 0.0138. The Morgan fingerprint density at radius 1 is 0.812 bits per heavy atom. The summed E-state index contributed by atoms with van der Waals surface area (Å²) in [5.41, 5.74) is 1.32. The summed E-state index contributed by atoms with van der Waals surface area (Å²) < 4.78 is 5.44. The number of ether oxygens (including phenoxy) is 1. The lowest BCUT2D eigenvalue weighted by Gasteiger charge is -2.28. The maximum absolute atomic E-state index is 13.2. The monoisotopic (exact) mass is 427 g/mol. The molecule has 0 unspecified atom stereocenters. The minimum Gasteiger partial charge on any atom is -0.455 e. The van der Waals surface area contributed by atoms with Crippen LogP contribution in [0.1, 0.15) is 29.6 Å². The molecule has 32 heavy (non-hydrogen) atoms. The van der Waals surface area contributed by atoms with E-state index in [0.717, 1.165) is 30.0 Å². The molecule has 0 aliphatic heterocycles. The van der Waals surface area contributed by atoms with Crippen molar-refractivity contribution in [2.24, 2.45) is 23.7 Å². The molecule has 0 spiro atoms. The number of hydrogen-bond donors (Lipinski definition) is 1. The fourth-order valence-electron chi connectivity index (χ4n) is 5.56. The Bertz CT molecular complexity index is 1170. The van der Waals surface area contributed by atoms with E-state index in [1.54, 1.807) is 12.1 Å². The topological polar surface area (TPSA) is 72.5 Å². The molecular weight excluding hydrogens is 402 g/mol. The van der Waals surface area contributed by atoms with Gasteiger partial charge in [0.2, 0.25) is 0 Å². The average molecular weight is 428 g/mol. The smallest absolute Gasteiger partial charge is 0.310 e. The van der Waals surface area contributed by atoms with E-state index in [9.17, 15) is 14.4 Å². The first-order chi connectivity index (χ1) is 15.6. The van der Waals surface area contributed by atoms with Crippen molar-refractivity contribution in [2.45, 2.75) is 19.3 Å². The molecule has 162 valence electrons. The zero-order chi connectivity index (χ0) is 22.1. The fraction of sp³-hybridized carbons (Fsp3) is 0.296. The number of carbonyl (C=O) groups excluding carboxylic acids is 3. The van der Waals surface area contributed by atoms with Crippen LogP contribution >= 0.6 is 0 Å². The van der Waals surface area contributed by atoms with Crippen molar-refractivity contribution < 1.29 is 19.1 Å². The molecule has 0 heterocycles. The van der Waals surface area contributed by atoms with Gasteiger partial charge in [-0.05, 0) is 42.6 Å². The molecule has 5 nitrogen and oxygen atoms in total. The first kappa shape index (κ1) is 20.4. The summed E-state index contributed by atoms with van der Waals surface area (Å²) in [5, 5.41) is 4.79. The van der Waals surface area contributed by atoms with Gasteiger partial charge in [-0.15, -0.1) is 0 Å². The Hall–Kier alpha value is -3.47. The van der Waals surface area contributed by atoms with Gasteiger partial charge in [-0.2, -0.15) is 0 Å². The van der Waals surface area contributed by atoms with E-state index in [0.29, 0.717) is 11.3 Å². The van der Waals surface area contributed by atoms with Gasteiger partial charge in [0, 0.05) is 22.6 Å². The van der Waals surface area contributed by atoms with Gasteiger partial charge < -0.3 is 10.1 Å². The number of Topliss-reactive ketones (excluding diaryl/α,β-unsaturated/α-hetero) is 1. The molecule has 2 fully saturated rings. The van der Waals surface area contributed by atoms with Crippen LogP contribution in [-0.2, 0) is 14.3 Å². The molecule has 3 aromatic carbocycles. The molecule has 1 N–H and O–H groups in total. The van der Waals surface area contributed by atoms with Gasteiger partial charge in [-0.1, -0.05) is 66.7 Å². The Balaban J connectivity index is 1.26. The van der Waals surface area contributed by atoms with Crippen molar-refractivity contribution in [3.8, 4) is 0 Å². The molecule has 0 radical (unpaired) electrons. The number of amides is 1. The van der Waals surface area contributed by atoms with Crippen LogP contribution in [0, 0.1) is 23.7 Å². The Labute approximate surface area is 186 Å². The Kier molecular flexibility index (Phi) is 5.48. The van der Waals surface area contributed by atoms with Gasteiger partial charge in [-0.25, -0.2) is 0 Å². The number of carbonyl (C=O) groups is 3. The summed E-state index contributed by atoms with van der Waals surface area (Å²) in [4.78, 5) is 38.7. The third kappa shape index (κ3) is 3.79. The lowest BCUT2D eigenvalue weighted by molar-refractivity contribution is -0.154. The van der Waals surface area contributed by atoms with Crippen LogP contribution in [0.3, 0.4) is 0 Å². The predicted molar refractivity (Wildman–Crippen MR) is 122 cm³/mol. The Morgan fingerprint density at radius 2 is 1.50 bits per heavy atom. The van der Waals surface area contributed by atoms with Crippen LogP contribution in [-0.4, -0.2) is 24.3 Å². The van der Waals surface area contributed by atoms with Crippen molar-refractivity contribution >= 4 is 34.1 Å². The number of nitrogens with one attached hydrogen (secondary N) is 1. The first-order valence-electron chi connectivity index (χ1n) is 11.2. The molecule has 0 aromatic heterocycles. The zero-order valence-corrected chi connectivity index (χ0v) is 17.7. The fourth-order valence-corrected chi connectivity index (χ4v) is 5.56.